The number of carbonyl (C=O) groups is 2. The monoisotopic (exact) mass is 311 g/mol. The Hall–Kier alpha value is -2.15. The van der Waals surface area contributed by atoms with Crippen molar-refractivity contribution in [1.29, 1.82) is 0 Å². The lowest BCUT2D eigenvalue weighted by Crippen LogP contribution is -2.34. The van der Waals surface area contributed by atoms with Gasteiger partial charge < -0.3 is 9.64 Å². The molecule has 0 N–H and O–H groups in total. The summed E-state index contributed by atoms with van der Waals surface area (Å²) in [5.41, 5.74) is 0. The van der Waals surface area contributed by atoms with Crippen molar-refractivity contribution < 1.29 is 22.7 Å². The smallest absolute Gasteiger partial charge is 0.325 e. The second-order valence-corrected chi connectivity index (χ2v) is 5.92. The van der Waals surface area contributed by atoms with Crippen LogP contribution >= 0.6 is 0 Å². The van der Waals surface area contributed by atoms with Crippen molar-refractivity contribution in [3.05, 3.63) is 41.8 Å². The van der Waals surface area contributed by atoms with Crippen LogP contribution in [0.2, 0.25) is 0 Å². The summed E-state index contributed by atoms with van der Waals surface area (Å²) in [6.07, 6.45) is 0.939. The summed E-state index contributed by atoms with van der Waals surface area (Å²) in [5.74, 6) is -1.13. The standard InChI is InChI=1S/C14H17NO5S/c1-3-15(11-14(17)20-2)13(16)9-10-21(18,19)12-7-5-4-6-8-12/h4-10H,3,11H2,1-2H3. The fraction of sp³-hybridized carbons (Fsp3) is 0.286. The Morgan fingerprint density at radius 1 is 1.24 bits per heavy atom. The molecule has 114 valence electrons. The molecule has 1 aromatic rings. The predicted molar refractivity (Wildman–Crippen MR) is 77.0 cm³/mol. The van der Waals surface area contributed by atoms with Crippen LogP contribution in [0.5, 0.6) is 0 Å². The molecule has 6 nitrogen and oxygen atoms in total. The van der Waals surface area contributed by atoms with E-state index in [4.69, 9.17) is 0 Å². The van der Waals surface area contributed by atoms with Crippen molar-refractivity contribution in [3.63, 3.8) is 0 Å². The van der Waals surface area contributed by atoms with Gasteiger partial charge in [0.05, 0.1) is 12.0 Å². The Morgan fingerprint density at radius 3 is 2.38 bits per heavy atom. The van der Waals surface area contributed by atoms with E-state index in [0.29, 0.717) is 0 Å². The number of likely N-dealkylation sites (N-methyl/N-ethyl adjacent to an activating group) is 1. The van der Waals surface area contributed by atoms with Crippen LogP contribution in [0.3, 0.4) is 0 Å². The molecule has 0 aromatic heterocycles. The zero-order valence-electron chi connectivity index (χ0n) is 11.9. The molecule has 0 radical (unpaired) electrons. The fourth-order valence-corrected chi connectivity index (χ4v) is 2.50. The minimum Gasteiger partial charge on any atom is -0.468 e. The maximum absolute atomic E-state index is 12.0. The molecule has 0 unspecified atom stereocenters. The Morgan fingerprint density at radius 2 is 1.86 bits per heavy atom. The molecule has 0 fully saturated rings. The van der Waals surface area contributed by atoms with Gasteiger partial charge in [0.2, 0.25) is 5.91 Å². The lowest BCUT2D eigenvalue weighted by Gasteiger charge is -2.17. The molecular formula is C14H17NO5S. The number of benzene rings is 1. The quantitative estimate of drug-likeness (QED) is 0.578. The van der Waals surface area contributed by atoms with E-state index in [-0.39, 0.29) is 18.0 Å². The van der Waals surface area contributed by atoms with Crippen LogP contribution in [-0.4, -0.2) is 45.4 Å². The third kappa shape index (κ3) is 5.03. The van der Waals surface area contributed by atoms with E-state index in [9.17, 15) is 18.0 Å². The molecular weight excluding hydrogens is 294 g/mol. The third-order valence-corrected chi connectivity index (χ3v) is 4.13. The van der Waals surface area contributed by atoms with Crippen LogP contribution in [0, 0.1) is 0 Å². The largest absolute Gasteiger partial charge is 0.468 e. The Balaban J connectivity index is 2.83. The van der Waals surface area contributed by atoms with Crippen molar-refractivity contribution in [3.8, 4) is 0 Å². The Kier molecular flexibility index (Phi) is 6.10. The number of amides is 1. The molecule has 21 heavy (non-hydrogen) atoms. The zero-order chi connectivity index (χ0) is 15.9. The highest BCUT2D eigenvalue weighted by Crippen LogP contribution is 2.11. The molecule has 1 aromatic carbocycles. The summed E-state index contributed by atoms with van der Waals surface area (Å²) in [6, 6.07) is 7.77. The van der Waals surface area contributed by atoms with Crippen LogP contribution in [0.25, 0.3) is 0 Å². The van der Waals surface area contributed by atoms with Crippen LogP contribution in [-0.2, 0) is 24.2 Å². The van der Waals surface area contributed by atoms with E-state index in [1.807, 2.05) is 0 Å². The van der Waals surface area contributed by atoms with Gasteiger partial charge in [-0.25, -0.2) is 8.42 Å². The van der Waals surface area contributed by atoms with E-state index < -0.39 is 21.7 Å². The number of carbonyl (C=O) groups excluding carboxylic acids is 2. The van der Waals surface area contributed by atoms with Crippen molar-refractivity contribution >= 4 is 21.7 Å². The molecule has 7 heteroatoms. The van der Waals surface area contributed by atoms with Gasteiger partial charge in [-0.1, -0.05) is 18.2 Å². The molecule has 0 atom stereocenters. The molecule has 0 heterocycles. The number of hydrogen-bond acceptors (Lipinski definition) is 5. The van der Waals surface area contributed by atoms with E-state index in [2.05, 4.69) is 4.74 Å². The average Bonchev–Trinajstić information content (AvgIpc) is 2.50. The van der Waals surface area contributed by atoms with Gasteiger partial charge >= 0.3 is 5.97 Å². The summed E-state index contributed by atoms with van der Waals surface area (Å²) < 4.78 is 28.4. The van der Waals surface area contributed by atoms with Crippen molar-refractivity contribution in [2.75, 3.05) is 20.2 Å². The van der Waals surface area contributed by atoms with Gasteiger partial charge in [0.25, 0.3) is 0 Å². The number of ether oxygens (including phenoxy) is 1. The number of nitrogens with zero attached hydrogens (tertiary/aromatic N) is 1. The fourth-order valence-electron chi connectivity index (χ4n) is 1.51. The summed E-state index contributed by atoms with van der Waals surface area (Å²) in [7, 11) is -2.46. The summed E-state index contributed by atoms with van der Waals surface area (Å²) in [6.45, 7) is 1.73. The van der Waals surface area contributed by atoms with Crippen molar-refractivity contribution in [2.45, 2.75) is 11.8 Å². The van der Waals surface area contributed by atoms with Crippen LogP contribution in [0.1, 0.15) is 6.92 Å². The Labute approximate surface area is 123 Å². The van der Waals surface area contributed by atoms with Crippen LogP contribution in [0.4, 0.5) is 0 Å². The molecule has 1 rings (SSSR count). The first-order chi connectivity index (χ1) is 9.90. The number of sulfone groups is 1. The average molecular weight is 311 g/mol. The number of hydrogen-bond donors (Lipinski definition) is 0. The first-order valence-corrected chi connectivity index (χ1v) is 7.79. The predicted octanol–water partition coefficient (Wildman–Crippen LogP) is 0.995. The first-order valence-electron chi connectivity index (χ1n) is 6.24. The van der Waals surface area contributed by atoms with Gasteiger partial charge in [-0.2, -0.15) is 0 Å². The molecule has 0 spiro atoms. The maximum atomic E-state index is 12.0. The third-order valence-electron chi connectivity index (χ3n) is 2.70. The van der Waals surface area contributed by atoms with Gasteiger partial charge in [0.1, 0.15) is 6.54 Å². The second-order valence-electron chi connectivity index (χ2n) is 4.09. The summed E-state index contributed by atoms with van der Waals surface area (Å²) in [4.78, 5) is 24.3. The first kappa shape index (κ1) is 16.9. The minimum absolute atomic E-state index is 0.102. The lowest BCUT2D eigenvalue weighted by atomic mass is 10.4. The van der Waals surface area contributed by atoms with Gasteiger partial charge in [-0.3, -0.25) is 9.59 Å². The molecule has 0 aliphatic carbocycles. The molecule has 0 saturated carbocycles. The summed E-state index contributed by atoms with van der Waals surface area (Å²) >= 11 is 0. The van der Waals surface area contributed by atoms with Crippen molar-refractivity contribution in [2.24, 2.45) is 0 Å². The van der Waals surface area contributed by atoms with Gasteiger partial charge in [0, 0.05) is 18.0 Å². The van der Waals surface area contributed by atoms with E-state index in [1.165, 1.54) is 24.1 Å². The topological polar surface area (TPSA) is 80.8 Å². The van der Waals surface area contributed by atoms with Crippen LogP contribution in [0.15, 0.2) is 46.7 Å². The Bertz CT molecular complexity index is 622. The minimum atomic E-state index is -3.68. The normalized spacial score (nSPS) is 11.3. The van der Waals surface area contributed by atoms with E-state index >= 15 is 0 Å². The highest BCUT2D eigenvalue weighted by Gasteiger charge is 2.15. The summed E-state index contributed by atoms with van der Waals surface area (Å²) in [5, 5.41) is 0.838. The van der Waals surface area contributed by atoms with E-state index in [0.717, 1.165) is 11.5 Å². The second kappa shape index (κ2) is 7.58. The lowest BCUT2D eigenvalue weighted by molar-refractivity contribution is -0.145. The molecule has 1 amide bonds. The molecule has 0 saturated heterocycles. The number of esters is 1. The van der Waals surface area contributed by atoms with Crippen molar-refractivity contribution in [1.82, 2.24) is 4.90 Å². The molecule has 0 bridgehead atoms. The van der Waals surface area contributed by atoms with Gasteiger partial charge in [0.15, 0.2) is 9.84 Å². The van der Waals surface area contributed by atoms with E-state index in [1.54, 1.807) is 25.1 Å². The van der Waals surface area contributed by atoms with Gasteiger partial charge in [-0.05, 0) is 19.1 Å². The highest BCUT2D eigenvalue weighted by molar-refractivity contribution is 7.94. The van der Waals surface area contributed by atoms with Gasteiger partial charge in [-0.15, -0.1) is 0 Å². The van der Waals surface area contributed by atoms with Crippen LogP contribution < -0.4 is 0 Å². The number of methoxy groups -OCH3 is 1. The highest BCUT2D eigenvalue weighted by atomic mass is 32.2. The SMILES string of the molecule is CCN(CC(=O)OC)C(=O)C=CS(=O)(=O)c1ccccc1. The molecule has 0 aliphatic rings. The molecule has 0 aliphatic heterocycles. The number of rotatable bonds is 6. The maximum Gasteiger partial charge on any atom is 0.325 e. The zero-order valence-corrected chi connectivity index (χ0v) is 12.7.